The van der Waals surface area contributed by atoms with Crippen LogP contribution in [0.1, 0.15) is 33.4 Å². The van der Waals surface area contributed by atoms with Crippen LogP contribution in [0.2, 0.25) is 0 Å². The molecule has 0 aliphatic carbocycles. The van der Waals surface area contributed by atoms with Gasteiger partial charge in [-0.25, -0.2) is 0 Å². The number of amides is 2. The molecule has 1 N–H and O–H groups in total. The maximum absolute atomic E-state index is 13.9. The molecule has 2 heterocycles. The van der Waals surface area contributed by atoms with E-state index >= 15 is 0 Å². The smallest absolute Gasteiger partial charge is 0.254 e. The van der Waals surface area contributed by atoms with Gasteiger partial charge < -0.3 is 29.2 Å². The van der Waals surface area contributed by atoms with E-state index in [1.54, 1.807) is 67.8 Å². The number of hydrogen-bond donors (Lipinski definition) is 1. The van der Waals surface area contributed by atoms with E-state index in [-0.39, 0.29) is 11.8 Å². The number of anilines is 1. The first-order valence-electron chi connectivity index (χ1n) is 10.9. The third kappa shape index (κ3) is 4.32. The van der Waals surface area contributed by atoms with Crippen molar-refractivity contribution in [3.8, 4) is 23.0 Å². The van der Waals surface area contributed by atoms with Crippen LogP contribution < -0.4 is 24.3 Å². The standard InChI is InChI=1S/C26H27N3O6/c1-29-24(15-7-6-10-27-14-15)23(17-12-21(34-4)22(35-5)13-18(17)26(29)31)25(30)28-19-9-8-16(32-2)11-20(19)33-3/h6-14,23-24H,1-5H3,(H,28,30)/t23-,24-/m0/s1. The van der Waals surface area contributed by atoms with Crippen molar-refractivity contribution in [2.75, 3.05) is 40.8 Å². The molecule has 0 fully saturated rings. The second-order valence-electron chi connectivity index (χ2n) is 7.97. The largest absolute Gasteiger partial charge is 0.497 e. The third-order valence-electron chi connectivity index (χ3n) is 6.15. The number of nitrogens with one attached hydrogen (secondary N) is 1. The van der Waals surface area contributed by atoms with E-state index in [2.05, 4.69) is 10.3 Å². The van der Waals surface area contributed by atoms with E-state index in [0.717, 1.165) is 5.56 Å². The van der Waals surface area contributed by atoms with E-state index in [4.69, 9.17) is 18.9 Å². The minimum Gasteiger partial charge on any atom is -0.497 e. The second-order valence-corrected chi connectivity index (χ2v) is 7.97. The number of ether oxygens (including phenoxy) is 4. The molecule has 0 saturated heterocycles. The van der Waals surface area contributed by atoms with Crippen molar-refractivity contribution < 1.29 is 28.5 Å². The van der Waals surface area contributed by atoms with Gasteiger partial charge in [0.25, 0.3) is 5.91 Å². The highest BCUT2D eigenvalue weighted by Gasteiger charge is 2.44. The van der Waals surface area contributed by atoms with Crippen LogP contribution in [0.4, 0.5) is 5.69 Å². The van der Waals surface area contributed by atoms with E-state index in [1.165, 1.54) is 21.3 Å². The third-order valence-corrected chi connectivity index (χ3v) is 6.15. The van der Waals surface area contributed by atoms with Crippen LogP contribution in [-0.4, -0.2) is 57.2 Å². The van der Waals surface area contributed by atoms with Crippen molar-refractivity contribution in [3.63, 3.8) is 0 Å². The predicted molar refractivity (Wildman–Crippen MR) is 130 cm³/mol. The van der Waals surface area contributed by atoms with Gasteiger partial charge in [-0.3, -0.25) is 14.6 Å². The van der Waals surface area contributed by atoms with E-state index in [0.29, 0.717) is 39.8 Å². The van der Waals surface area contributed by atoms with Crippen molar-refractivity contribution in [1.82, 2.24) is 9.88 Å². The summed E-state index contributed by atoms with van der Waals surface area (Å²) in [6, 6.07) is 11.5. The maximum Gasteiger partial charge on any atom is 0.254 e. The van der Waals surface area contributed by atoms with Crippen molar-refractivity contribution in [1.29, 1.82) is 0 Å². The molecule has 35 heavy (non-hydrogen) atoms. The van der Waals surface area contributed by atoms with Crippen molar-refractivity contribution in [2.45, 2.75) is 12.0 Å². The Morgan fingerprint density at radius 2 is 1.66 bits per heavy atom. The van der Waals surface area contributed by atoms with Crippen molar-refractivity contribution >= 4 is 17.5 Å². The van der Waals surface area contributed by atoms with Gasteiger partial charge in [0.1, 0.15) is 11.5 Å². The normalized spacial score (nSPS) is 16.8. The van der Waals surface area contributed by atoms with Crippen LogP contribution in [0.25, 0.3) is 0 Å². The van der Waals surface area contributed by atoms with Gasteiger partial charge in [-0.05, 0) is 41.5 Å². The summed E-state index contributed by atoms with van der Waals surface area (Å²) < 4.78 is 21.6. The molecule has 0 spiro atoms. The number of pyridine rings is 1. The molecular weight excluding hydrogens is 450 g/mol. The molecule has 1 aliphatic heterocycles. The Morgan fingerprint density at radius 1 is 0.943 bits per heavy atom. The number of nitrogens with zero attached hydrogens (tertiary/aromatic N) is 2. The van der Waals surface area contributed by atoms with Crippen LogP contribution in [0, 0.1) is 0 Å². The summed E-state index contributed by atoms with van der Waals surface area (Å²) in [5, 5.41) is 2.97. The first kappa shape index (κ1) is 23.9. The molecule has 0 bridgehead atoms. The highest BCUT2D eigenvalue weighted by molar-refractivity contribution is 6.05. The number of carbonyl (C=O) groups is 2. The first-order chi connectivity index (χ1) is 16.9. The van der Waals surface area contributed by atoms with Gasteiger partial charge in [0.05, 0.1) is 46.1 Å². The summed E-state index contributed by atoms with van der Waals surface area (Å²) >= 11 is 0. The monoisotopic (exact) mass is 477 g/mol. The fourth-order valence-electron chi connectivity index (χ4n) is 4.41. The molecule has 9 heteroatoms. The van der Waals surface area contributed by atoms with Crippen LogP contribution in [-0.2, 0) is 4.79 Å². The summed E-state index contributed by atoms with van der Waals surface area (Å²) in [5.74, 6) is 0.540. The molecule has 3 aromatic rings. The Balaban J connectivity index is 1.86. The van der Waals surface area contributed by atoms with Gasteiger partial charge in [0.2, 0.25) is 5.91 Å². The summed E-state index contributed by atoms with van der Waals surface area (Å²) in [6.45, 7) is 0. The van der Waals surface area contributed by atoms with Crippen LogP contribution in [0.3, 0.4) is 0 Å². The zero-order valence-corrected chi connectivity index (χ0v) is 20.2. The number of carbonyl (C=O) groups excluding carboxylic acids is 2. The van der Waals surface area contributed by atoms with Gasteiger partial charge in [-0.1, -0.05) is 6.07 Å². The molecule has 0 unspecified atom stereocenters. The Labute approximate surface area is 203 Å². The summed E-state index contributed by atoms with van der Waals surface area (Å²) in [7, 11) is 7.76. The Bertz CT molecular complexity index is 1250. The zero-order valence-electron chi connectivity index (χ0n) is 20.2. The number of benzene rings is 2. The quantitative estimate of drug-likeness (QED) is 0.554. The lowest BCUT2D eigenvalue weighted by atomic mass is 9.79. The number of fused-ring (bicyclic) bond motifs is 1. The SMILES string of the molecule is COc1ccc(NC(=O)[C@H]2c3cc(OC)c(OC)cc3C(=O)N(C)[C@H]2c2cccnc2)c(OC)c1. The first-order valence-corrected chi connectivity index (χ1v) is 10.9. The van der Waals surface area contributed by atoms with Gasteiger partial charge in [0, 0.05) is 31.1 Å². The number of rotatable bonds is 7. The zero-order chi connectivity index (χ0) is 25.1. The molecule has 1 aliphatic rings. The van der Waals surface area contributed by atoms with E-state index in [1.807, 2.05) is 6.07 Å². The minimum atomic E-state index is -0.775. The Kier molecular flexibility index (Phi) is 6.77. The highest BCUT2D eigenvalue weighted by Crippen LogP contribution is 2.46. The molecule has 182 valence electrons. The van der Waals surface area contributed by atoms with E-state index in [9.17, 15) is 9.59 Å². The molecule has 2 aromatic carbocycles. The lowest BCUT2D eigenvalue weighted by Crippen LogP contribution is -2.44. The lowest BCUT2D eigenvalue weighted by molar-refractivity contribution is -0.119. The molecule has 0 radical (unpaired) electrons. The lowest BCUT2D eigenvalue weighted by Gasteiger charge is -2.40. The average Bonchev–Trinajstić information content (AvgIpc) is 2.90. The van der Waals surface area contributed by atoms with Crippen LogP contribution in [0.5, 0.6) is 23.0 Å². The molecule has 2 atom stereocenters. The summed E-state index contributed by atoms with van der Waals surface area (Å²) in [5.41, 5.74) is 2.10. The summed E-state index contributed by atoms with van der Waals surface area (Å²) in [4.78, 5) is 33.1. The fraction of sp³-hybridized carbons (Fsp3) is 0.269. The van der Waals surface area contributed by atoms with Crippen molar-refractivity contribution in [3.05, 3.63) is 71.5 Å². The molecule has 0 saturated carbocycles. The van der Waals surface area contributed by atoms with Crippen LogP contribution >= 0.6 is 0 Å². The summed E-state index contributed by atoms with van der Waals surface area (Å²) in [6.07, 6.45) is 3.31. The predicted octanol–water partition coefficient (Wildman–Crippen LogP) is 3.67. The topological polar surface area (TPSA) is 99.2 Å². The Hall–Kier alpha value is -4.27. The number of likely N-dealkylation sites (N-methyl/N-ethyl adjacent to an activating group) is 1. The van der Waals surface area contributed by atoms with Gasteiger partial charge in [-0.15, -0.1) is 0 Å². The van der Waals surface area contributed by atoms with Gasteiger partial charge in [0.15, 0.2) is 11.5 Å². The second kappa shape index (κ2) is 9.92. The van der Waals surface area contributed by atoms with Gasteiger partial charge in [-0.2, -0.15) is 0 Å². The van der Waals surface area contributed by atoms with Gasteiger partial charge >= 0.3 is 0 Å². The average molecular weight is 478 g/mol. The highest BCUT2D eigenvalue weighted by atomic mass is 16.5. The fourth-order valence-corrected chi connectivity index (χ4v) is 4.41. The van der Waals surface area contributed by atoms with E-state index < -0.39 is 12.0 Å². The minimum absolute atomic E-state index is 0.235. The molecule has 9 nitrogen and oxygen atoms in total. The van der Waals surface area contributed by atoms with Crippen LogP contribution in [0.15, 0.2) is 54.9 Å². The number of methoxy groups -OCH3 is 4. The molecule has 2 amide bonds. The molecule has 1 aromatic heterocycles. The number of hydrogen-bond acceptors (Lipinski definition) is 7. The molecule has 4 rings (SSSR count). The van der Waals surface area contributed by atoms with Crippen molar-refractivity contribution in [2.24, 2.45) is 0 Å². The Morgan fingerprint density at radius 3 is 2.29 bits per heavy atom. The number of aromatic nitrogens is 1. The maximum atomic E-state index is 13.9. The molecular formula is C26H27N3O6.